The zero-order valence-electron chi connectivity index (χ0n) is 40.6. The van der Waals surface area contributed by atoms with Crippen molar-refractivity contribution in [2.45, 2.75) is 103 Å². The van der Waals surface area contributed by atoms with Gasteiger partial charge >= 0.3 is 23.9 Å². The molecular formula is C50H68Cl4N4O10. The van der Waals surface area contributed by atoms with Gasteiger partial charge < -0.3 is 49.7 Å². The summed E-state index contributed by atoms with van der Waals surface area (Å²) in [6.07, 6.45) is 4.72. The third-order valence-electron chi connectivity index (χ3n) is 9.92. The molecule has 0 aliphatic rings. The van der Waals surface area contributed by atoms with E-state index in [1.165, 1.54) is 28.4 Å². The van der Waals surface area contributed by atoms with E-state index >= 15 is 0 Å². The van der Waals surface area contributed by atoms with Crippen molar-refractivity contribution in [1.82, 2.24) is 0 Å². The maximum absolute atomic E-state index is 11.2. The van der Waals surface area contributed by atoms with E-state index in [-0.39, 0.29) is 48.0 Å². The second-order valence-corrected chi connectivity index (χ2v) is 16.6. The van der Waals surface area contributed by atoms with Gasteiger partial charge in [0.15, 0.2) is 0 Å². The Balaban J connectivity index is 0.000000453. The van der Waals surface area contributed by atoms with Gasteiger partial charge in [0.1, 0.15) is 11.5 Å². The van der Waals surface area contributed by atoms with Crippen LogP contribution in [-0.2, 0) is 38.1 Å². The van der Waals surface area contributed by atoms with Gasteiger partial charge in [-0.1, -0.05) is 74.1 Å². The molecule has 0 fully saturated rings. The highest BCUT2D eigenvalue weighted by atomic mass is 35.5. The van der Waals surface area contributed by atoms with Gasteiger partial charge in [0.05, 0.1) is 68.3 Å². The molecule has 4 aromatic rings. The van der Waals surface area contributed by atoms with Gasteiger partial charge in [-0.05, 0) is 111 Å². The quantitative estimate of drug-likeness (QED) is 0.0433. The molecule has 4 aromatic carbocycles. The van der Waals surface area contributed by atoms with Crippen LogP contribution in [0.4, 0.5) is 22.7 Å². The van der Waals surface area contributed by atoms with E-state index in [0.29, 0.717) is 45.8 Å². The number of halogens is 4. The molecule has 68 heavy (non-hydrogen) atoms. The Bertz CT molecular complexity index is 1890. The summed E-state index contributed by atoms with van der Waals surface area (Å²) in [6, 6.07) is 25.9. The number of anilines is 4. The molecule has 4 rings (SSSR count). The summed E-state index contributed by atoms with van der Waals surface area (Å²) in [5.41, 5.74) is 3.56. The van der Waals surface area contributed by atoms with Gasteiger partial charge in [-0.25, -0.2) is 0 Å². The highest BCUT2D eigenvalue weighted by molar-refractivity contribution is 6.35. The Morgan fingerprint density at radius 2 is 0.603 bits per heavy atom. The van der Waals surface area contributed by atoms with Crippen LogP contribution in [-0.4, -0.2) is 90.7 Å². The van der Waals surface area contributed by atoms with Crippen molar-refractivity contribution < 1.29 is 47.6 Å². The Labute approximate surface area is 422 Å². The average Bonchev–Trinajstić information content (AvgIpc) is 3.33. The molecule has 0 saturated carbocycles. The van der Waals surface area contributed by atoms with Crippen molar-refractivity contribution in [3.05, 3.63) is 105 Å². The smallest absolute Gasteiger partial charge is 0.307 e. The molecule has 14 nitrogen and oxygen atoms in total. The number of methoxy groups -OCH3 is 6. The molecule has 0 saturated heterocycles. The predicted molar refractivity (Wildman–Crippen MR) is 276 cm³/mol. The number of rotatable bonds is 22. The fourth-order valence-corrected chi connectivity index (χ4v) is 6.97. The molecule has 0 aliphatic carbocycles. The highest BCUT2D eigenvalue weighted by Crippen LogP contribution is 2.25. The van der Waals surface area contributed by atoms with E-state index in [1.807, 2.05) is 76.2 Å². The van der Waals surface area contributed by atoms with Gasteiger partial charge in [-0.2, -0.15) is 0 Å². The molecule has 4 atom stereocenters. The van der Waals surface area contributed by atoms with Crippen LogP contribution in [0.2, 0.25) is 20.1 Å². The minimum Gasteiger partial charge on any atom is -0.497 e. The monoisotopic (exact) mass is 1020 g/mol. The number of hydrogen-bond acceptors (Lipinski definition) is 14. The van der Waals surface area contributed by atoms with E-state index < -0.39 is 0 Å². The molecule has 0 radical (unpaired) electrons. The van der Waals surface area contributed by atoms with Crippen LogP contribution in [0.1, 0.15) is 79.1 Å². The summed E-state index contributed by atoms with van der Waals surface area (Å²) in [5, 5.41) is 15.2. The number of carbonyl (C=O) groups excluding carboxylic acids is 4. The van der Waals surface area contributed by atoms with Gasteiger partial charge in [-0.15, -0.1) is 0 Å². The number of hydrogen-bond donors (Lipinski definition) is 4. The SMILES string of the molecule is CC[C@@H](CC(=O)OC)Nc1cc(Cl)cc(Cl)c1.CC[C@@H](CC(=O)OC)Nc1ccc(OC)cc1.CC[C@H](CC(=O)OC)Nc1cc(Cl)cc(Cl)c1.CC[C@H](CC(=O)OC)Nc1ccc(OC)cc1. The fourth-order valence-electron chi connectivity index (χ4n) is 5.92. The van der Waals surface area contributed by atoms with Gasteiger partial charge in [-0.3, -0.25) is 19.2 Å². The zero-order chi connectivity index (χ0) is 51.0. The number of nitrogens with one attached hydrogen (secondary N) is 4. The summed E-state index contributed by atoms with van der Waals surface area (Å²) < 4.78 is 28.7. The summed E-state index contributed by atoms with van der Waals surface area (Å²) in [6.45, 7) is 8.05. The lowest BCUT2D eigenvalue weighted by molar-refractivity contribution is -0.141. The molecule has 376 valence electrons. The van der Waals surface area contributed by atoms with Crippen molar-refractivity contribution in [2.24, 2.45) is 0 Å². The third kappa shape index (κ3) is 26.3. The summed E-state index contributed by atoms with van der Waals surface area (Å²) in [7, 11) is 8.84. The Hall–Kier alpha value is -5.28. The number of carbonyl (C=O) groups is 4. The standard InChI is InChI=1S/2C13H19NO3.2C12H15Cl2NO2/c2*1-4-10(9-13(15)17-3)14-11-5-7-12(16-2)8-6-11;2*1-3-10(7-12(16)17-2)15-11-5-8(13)4-9(14)6-11/h2*5-8,10,14H,4,9H2,1-3H3;2*4-6,10,15H,3,7H2,1-2H3/t4*10-/m1010/s1. The molecule has 0 heterocycles. The van der Waals surface area contributed by atoms with Crippen LogP contribution in [0.15, 0.2) is 84.9 Å². The molecule has 0 unspecified atom stereocenters. The molecule has 4 N–H and O–H groups in total. The average molecular weight is 1030 g/mol. The van der Waals surface area contributed by atoms with E-state index in [1.54, 1.807) is 50.6 Å². The van der Waals surface area contributed by atoms with E-state index in [4.69, 9.17) is 55.9 Å². The van der Waals surface area contributed by atoms with Crippen LogP contribution >= 0.6 is 46.4 Å². The van der Waals surface area contributed by atoms with Crippen molar-refractivity contribution in [3.8, 4) is 11.5 Å². The molecular weight excluding hydrogens is 958 g/mol. The largest absolute Gasteiger partial charge is 0.497 e. The van der Waals surface area contributed by atoms with Crippen LogP contribution < -0.4 is 30.7 Å². The Kier molecular flexibility index (Phi) is 31.2. The number of benzene rings is 4. The molecule has 0 spiro atoms. The molecule has 0 aromatic heterocycles. The second kappa shape index (κ2) is 34.9. The summed E-state index contributed by atoms with van der Waals surface area (Å²) >= 11 is 23.6. The summed E-state index contributed by atoms with van der Waals surface area (Å²) in [5.74, 6) is 0.763. The third-order valence-corrected chi connectivity index (χ3v) is 10.8. The van der Waals surface area contributed by atoms with Crippen molar-refractivity contribution in [3.63, 3.8) is 0 Å². The first kappa shape index (κ1) is 60.7. The minimum atomic E-state index is -0.238. The first-order chi connectivity index (χ1) is 32.5. The van der Waals surface area contributed by atoms with Crippen molar-refractivity contribution in [2.75, 3.05) is 63.9 Å². The fraction of sp³-hybridized carbons (Fsp3) is 0.440. The van der Waals surface area contributed by atoms with Gasteiger partial charge in [0.2, 0.25) is 0 Å². The maximum Gasteiger partial charge on any atom is 0.307 e. The van der Waals surface area contributed by atoms with Gasteiger partial charge in [0.25, 0.3) is 0 Å². The molecule has 0 bridgehead atoms. The normalized spacial score (nSPS) is 11.9. The highest BCUT2D eigenvalue weighted by Gasteiger charge is 2.15. The first-order valence-corrected chi connectivity index (χ1v) is 23.5. The molecule has 18 heteroatoms. The van der Waals surface area contributed by atoms with Gasteiger partial charge in [0, 0.05) is 67.0 Å². The zero-order valence-corrected chi connectivity index (χ0v) is 43.7. The second-order valence-electron chi connectivity index (χ2n) is 14.9. The summed E-state index contributed by atoms with van der Waals surface area (Å²) in [4.78, 5) is 44.8. The lowest BCUT2D eigenvalue weighted by Crippen LogP contribution is -2.23. The molecule has 0 aliphatic heterocycles. The first-order valence-electron chi connectivity index (χ1n) is 22.0. The van der Waals surface area contributed by atoms with Crippen LogP contribution in [0, 0.1) is 0 Å². The Morgan fingerprint density at radius 1 is 0.382 bits per heavy atom. The maximum atomic E-state index is 11.2. The van der Waals surface area contributed by atoms with Crippen LogP contribution in [0.25, 0.3) is 0 Å². The topological polar surface area (TPSA) is 172 Å². The lowest BCUT2D eigenvalue weighted by atomic mass is 10.1. The van der Waals surface area contributed by atoms with Crippen LogP contribution in [0.3, 0.4) is 0 Å². The van der Waals surface area contributed by atoms with E-state index in [0.717, 1.165) is 59.9 Å². The number of ether oxygens (including phenoxy) is 6. The van der Waals surface area contributed by atoms with Crippen molar-refractivity contribution in [1.29, 1.82) is 0 Å². The lowest BCUT2D eigenvalue weighted by Gasteiger charge is -2.17. The van der Waals surface area contributed by atoms with Crippen LogP contribution in [0.5, 0.6) is 11.5 Å². The predicted octanol–water partition coefficient (Wildman–Crippen LogP) is 12.4. The van der Waals surface area contributed by atoms with E-state index in [2.05, 4.69) is 40.2 Å². The molecule has 0 amide bonds. The number of esters is 4. The van der Waals surface area contributed by atoms with E-state index in [9.17, 15) is 19.2 Å². The minimum absolute atomic E-state index is 0.0111. The van der Waals surface area contributed by atoms with Crippen molar-refractivity contribution >= 4 is 93.0 Å². The Morgan fingerprint density at radius 3 is 0.794 bits per heavy atom.